The Morgan fingerprint density at radius 1 is 1.09 bits per heavy atom. The quantitative estimate of drug-likeness (QED) is 0.466. The molecule has 0 aromatic heterocycles. The third-order valence-corrected chi connectivity index (χ3v) is 8.95. The number of fused-ring (bicyclic) bond motifs is 1. The molecule has 3 fully saturated rings. The van der Waals surface area contributed by atoms with Crippen molar-refractivity contribution >= 4 is 34.4 Å². The Kier molecular flexibility index (Phi) is 6.02. The van der Waals surface area contributed by atoms with E-state index in [1.807, 2.05) is 29.3 Å². The summed E-state index contributed by atoms with van der Waals surface area (Å²) in [6.45, 7) is 7.26. The van der Waals surface area contributed by atoms with E-state index < -0.39 is 0 Å². The Bertz CT molecular complexity index is 1000. The van der Waals surface area contributed by atoms with Crippen LogP contribution in [-0.2, 0) is 9.59 Å². The Balaban J connectivity index is 1.49. The minimum atomic E-state index is -0.233. The summed E-state index contributed by atoms with van der Waals surface area (Å²) in [6.07, 6.45) is 5.28. The smallest absolute Gasteiger partial charge is 0.252 e. The zero-order valence-electron chi connectivity index (χ0n) is 19.9. The number of carbonyl (C=O) groups excluding carboxylic acids is 2. The number of methoxy groups -OCH3 is 1. The second-order valence-corrected chi connectivity index (χ2v) is 11.1. The number of hydrazine groups is 1. The molecule has 5 aliphatic rings. The summed E-state index contributed by atoms with van der Waals surface area (Å²) >= 11 is 1.63. The van der Waals surface area contributed by atoms with Gasteiger partial charge in [-0.1, -0.05) is 37.3 Å². The fourth-order valence-corrected chi connectivity index (χ4v) is 7.23. The first-order chi connectivity index (χ1) is 15.9. The number of imide groups is 1. The van der Waals surface area contributed by atoms with E-state index in [9.17, 15) is 9.59 Å². The predicted molar refractivity (Wildman–Crippen MR) is 131 cm³/mol. The van der Waals surface area contributed by atoms with Crippen molar-refractivity contribution in [3.63, 3.8) is 0 Å². The van der Waals surface area contributed by atoms with Crippen molar-refractivity contribution in [2.24, 2.45) is 40.5 Å². The second kappa shape index (κ2) is 8.82. The van der Waals surface area contributed by atoms with Gasteiger partial charge in [0.15, 0.2) is 5.17 Å². The minimum absolute atomic E-state index is 0.0282. The van der Waals surface area contributed by atoms with Gasteiger partial charge in [-0.3, -0.25) is 14.6 Å². The van der Waals surface area contributed by atoms with E-state index in [1.165, 1.54) is 10.6 Å². The van der Waals surface area contributed by atoms with Crippen LogP contribution >= 0.6 is 11.8 Å². The highest BCUT2D eigenvalue weighted by Crippen LogP contribution is 2.56. The van der Waals surface area contributed by atoms with Crippen molar-refractivity contribution in [3.8, 4) is 5.75 Å². The van der Waals surface area contributed by atoms with E-state index in [1.54, 1.807) is 18.9 Å². The number of carbonyl (C=O) groups is 2. The van der Waals surface area contributed by atoms with Crippen LogP contribution in [-0.4, -0.2) is 46.4 Å². The van der Waals surface area contributed by atoms with Crippen molar-refractivity contribution in [1.82, 2.24) is 10.0 Å². The molecule has 2 saturated heterocycles. The molecule has 3 aliphatic carbocycles. The van der Waals surface area contributed by atoms with Crippen LogP contribution in [0.1, 0.15) is 40.0 Å². The number of nitrogens with zero attached hydrogens (tertiary/aromatic N) is 3. The van der Waals surface area contributed by atoms with Gasteiger partial charge in [0.1, 0.15) is 5.75 Å². The molecule has 2 amide bonds. The molecule has 2 heterocycles. The highest BCUT2D eigenvalue weighted by Gasteiger charge is 2.62. The van der Waals surface area contributed by atoms with Gasteiger partial charge >= 0.3 is 0 Å². The topological polar surface area (TPSA) is 62.2 Å². The Morgan fingerprint density at radius 3 is 2.52 bits per heavy atom. The van der Waals surface area contributed by atoms with Crippen LogP contribution in [0, 0.1) is 35.5 Å². The van der Waals surface area contributed by atoms with Gasteiger partial charge in [-0.05, 0) is 74.1 Å². The largest absolute Gasteiger partial charge is 0.497 e. The highest BCUT2D eigenvalue weighted by atomic mass is 32.2. The molecule has 2 bridgehead atoms. The van der Waals surface area contributed by atoms with Crippen LogP contribution in [0.15, 0.2) is 40.9 Å². The van der Waals surface area contributed by atoms with Crippen LogP contribution in [0.4, 0.5) is 5.69 Å². The molecule has 1 aromatic carbocycles. The lowest BCUT2D eigenvalue weighted by Crippen LogP contribution is -2.49. The van der Waals surface area contributed by atoms with E-state index >= 15 is 0 Å². The molecule has 176 valence electrons. The number of amides is 2. The number of hydrogen-bond acceptors (Lipinski definition) is 5. The lowest BCUT2D eigenvalue weighted by atomic mass is 9.54. The molecular weight excluding hydrogens is 434 g/mol. The van der Waals surface area contributed by atoms with Gasteiger partial charge in [0.2, 0.25) is 0 Å². The summed E-state index contributed by atoms with van der Waals surface area (Å²) in [7, 11) is 1.64. The zero-order chi connectivity index (χ0) is 23.3. The maximum Gasteiger partial charge on any atom is 0.252 e. The number of thioether (sulfide) groups is 1. The van der Waals surface area contributed by atoms with Crippen molar-refractivity contribution < 1.29 is 14.3 Å². The van der Waals surface area contributed by atoms with Gasteiger partial charge in [-0.15, -0.1) is 0 Å². The predicted octanol–water partition coefficient (Wildman–Crippen LogP) is 4.90. The molecule has 7 heteroatoms. The number of amidine groups is 1. The van der Waals surface area contributed by atoms with Crippen LogP contribution in [0.3, 0.4) is 0 Å². The van der Waals surface area contributed by atoms with E-state index in [-0.39, 0.29) is 35.5 Å². The second-order valence-electron chi connectivity index (χ2n) is 10.0. The zero-order valence-corrected chi connectivity index (χ0v) is 20.7. The summed E-state index contributed by atoms with van der Waals surface area (Å²) < 4.78 is 5.26. The Labute approximate surface area is 200 Å². The van der Waals surface area contributed by atoms with E-state index in [4.69, 9.17) is 9.73 Å². The van der Waals surface area contributed by atoms with Gasteiger partial charge in [-0.25, -0.2) is 4.99 Å². The molecule has 6 nitrogen and oxygen atoms in total. The van der Waals surface area contributed by atoms with Crippen molar-refractivity contribution in [3.05, 3.63) is 35.9 Å². The number of benzene rings is 1. The Hall–Kier alpha value is -2.28. The van der Waals surface area contributed by atoms with Gasteiger partial charge in [-0.2, -0.15) is 5.01 Å². The lowest BCUT2D eigenvalue weighted by Gasteiger charge is -2.48. The third kappa shape index (κ3) is 3.78. The minimum Gasteiger partial charge on any atom is -0.497 e. The molecule has 0 radical (unpaired) electrons. The summed E-state index contributed by atoms with van der Waals surface area (Å²) in [4.78, 5) is 32.5. The summed E-state index contributed by atoms with van der Waals surface area (Å²) in [6, 6.07) is 7.57. The number of hydrogen-bond donors (Lipinski definition) is 0. The van der Waals surface area contributed by atoms with E-state index in [0.717, 1.165) is 41.6 Å². The SMILES string of the molecule is COc1ccc(N=C2SCCCCN2N2C(=O)[C@H]3[C@H]4C=C(C)[C@H](C[C@@H]4C(C)C)[C@H]3C2=O)cc1. The molecule has 1 saturated carbocycles. The van der Waals surface area contributed by atoms with Crippen molar-refractivity contribution in [1.29, 1.82) is 0 Å². The highest BCUT2D eigenvalue weighted by molar-refractivity contribution is 8.13. The Morgan fingerprint density at radius 2 is 1.82 bits per heavy atom. The molecule has 0 spiro atoms. The molecule has 0 N–H and O–H groups in total. The fourth-order valence-electron chi connectivity index (χ4n) is 6.21. The van der Waals surface area contributed by atoms with Crippen LogP contribution in [0.2, 0.25) is 0 Å². The number of allylic oxidation sites excluding steroid dienone is 2. The van der Waals surface area contributed by atoms with Gasteiger partial charge in [0.05, 0.1) is 24.6 Å². The van der Waals surface area contributed by atoms with Crippen LogP contribution in [0.5, 0.6) is 5.75 Å². The summed E-state index contributed by atoms with van der Waals surface area (Å²) in [5.74, 6) is 2.48. The average Bonchev–Trinajstić information content (AvgIpc) is 2.94. The molecular formula is C26H33N3O3S. The number of aliphatic imine (C=N–C) groups is 1. The van der Waals surface area contributed by atoms with Crippen LogP contribution in [0.25, 0.3) is 0 Å². The van der Waals surface area contributed by atoms with Crippen LogP contribution < -0.4 is 4.74 Å². The first-order valence-corrected chi connectivity index (χ1v) is 13.1. The molecule has 0 unspecified atom stereocenters. The van der Waals surface area contributed by atoms with E-state index in [0.29, 0.717) is 18.4 Å². The number of ether oxygens (including phenoxy) is 1. The van der Waals surface area contributed by atoms with Gasteiger partial charge < -0.3 is 4.74 Å². The fraction of sp³-hybridized carbons (Fsp3) is 0.577. The van der Waals surface area contributed by atoms with Crippen molar-refractivity contribution in [2.75, 3.05) is 19.4 Å². The van der Waals surface area contributed by atoms with Crippen molar-refractivity contribution in [2.45, 2.75) is 40.0 Å². The molecule has 2 aliphatic heterocycles. The monoisotopic (exact) mass is 467 g/mol. The van der Waals surface area contributed by atoms with E-state index in [2.05, 4.69) is 26.8 Å². The lowest BCUT2D eigenvalue weighted by molar-refractivity contribution is -0.152. The maximum atomic E-state index is 13.9. The van der Waals surface area contributed by atoms with Gasteiger partial charge in [0.25, 0.3) is 11.8 Å². The molecule has 6 rings (SSSR count). The molecule has 1 aromatic rings. The number of rotatable bonds is 4. The third-order valence-electron chi connectivity index (χ3n) is 7.89. The first kappa shape index (κ1) is 22.5. The average molecular weight is 468 g/mol. The first-order valence-electron chi connectivity index (χ1n) is 12.1. The summed E-state index contributed by atoms with van der Waals surface area (Å²) in [5, 5.41) is 4.09. The standard InChI is InChI=1S/C26H33N3O3S/c1-15(2)19-14-20-16(3)13-21(19)23-22(20)24(30)29(25(23)31)28-11-5-6-12-33-26(28)27-17-7-9-18(32-4)10-8-17/h7-10,13,15,19-23H,5-6,11-12,14H2,1-4H3/t19-,20+,21+,22-,23+/m1/s1. The summed E-state index contributed by atoms with van der Waals surface area (Å²) in [5.41, 5.74) is 2.08. The normalized spacial score (nSPS) is 32.9. The maximum absolute atomic E-state index is 13.9. The molecule has 33 heavy (non-hydrogen) atoms. The molecule has 5 atom stereocenters. The van der Waals surface area contributed by atoms with Gasteiger partial charge in [0, 0.05) is 12.3 Å².